The second-order valence-electron chi connectivity index (χ2n) is 9.14. The summed E-state index contributed by atoms with van der Waals surface area (Å²) >= 11 is 17.6. The molecule has 9 nitrogen and oxygen atoms in total. The third-order valence-electron chi connectivity index (χ3n) is 6.35. The van der Waals surface area contributed by atoms with Crippen molar-refractivity contribution in [2.24, 2.45) is 0 Å². The predicted molar refractivity (Wildman–Crippen MR) is 149 cm³/mol. The zero-order chi connectivity index (χ0) is 29.0. The molecule has 0 saturated carbocycles. The predicted octanol–water partition coefficient (Wildman–Crippen LogP) is 5.64. The molecule has 41 heavy (non-hydrogen) atoms. The van der Waals surface area contributed by atoms with E-state index >= 15 is 0 Å². The van der Waals surface area contributed by atoms with Gasteiger partial charge in [0, 0.05) is 5.56 Å². The lowest BCUT2D eigenvalue weighted by Gasteiger charge is -2.48. The molecule has 12 heteroatoms. The molecule has 1 N–H and O–H groups in total. The smallest absolute Gasteiger partial charge is 0.338 e. The summed E-state index contributed by atoms with van der Waals surface area (Å²) in [6, 6.07) is 25.6. The highest BCUT2D eigenvalue weighted by Crippen LogP contribution is 2.38. The van der Waals surface area contributed by atoms with Gasteiger partial charge in [-0.25, -0.2) is 9.59 Å². The van der Waals surface area contributed by atoms with Crippen LogP contribution < -0.4 is 0 Å². The molecular weight excluding hydrogens is 597 g/mol. The van der Waals surface area contributed by atoms with E-state index in [-0.39, 0.29) is 17.7 Å². The molecule has 3 aromatic rings. The molecule has 6 atom stereocenters. The van der Waals surface area contributed by atoms with Gasteiger partial charge in [-0.1, -0.05) is 102 Å². The van der Waals surface area contributed by atoms with Gasteiger partial charge in [0.05, 0.1) is 17.7 Å². The van der Waals surface area contributed by atoms with Crippen molar-refractivity contribution in [2.45, 2.75) is 40.8 Å². The van der Waals surface area contributed by atoms with E-state index in [1.165, 1.54) is 0 Å². The van der Waals surface area contributed by atoms with E-state index in [0.29, 0.717) is 5.56 Å². The summed E-state index contributed by atoms with van der Waals surface area (Å²) < 4.78 is 33.3. The maximum atomic E-state index is 13.3. The maximum absolute atomic E-state index is 13.3. The number of esters is 2. The van der Waals surface area contributed by atoms with E-state index < -0.39 is 58.6 Å². The Balaban J connectivity index is 1.51. The van der Waals surface area contributed by atoms with E-state index in [9.17, 15) is 9.59 Å². The minimum Gasteiger partial charge on any atom is -0.452 e. The molecule has 0 amide bonds. The average Bonchev–Trinajstić information content (AvgIpc) is 2.99. The van der Waals surface area contributed by atoms with E-state index in [0.717, 1.165) is 0 Å². The first-order chi connectivity index (χ1) is 19.7. The van der Waals surface area contributed by atoms with Crippen LogP contribution in [-0.4, -0.2) is 58.9 Å². The fourth-order valence-corrected chi connectivity index (χ4v) is 4.53. The van der Waals surface area contributed by atoms with E-state index in [2.05, 4.69) is 0 Å². The maximum Gasteiger partial charge on any atom is 0.338 e. The van der Waals surface area contributed by atoms with Crippen LogP contribution in [0.1, 0.15) is 32.6 Å². The van der Waals surface area contributed by atoms with Crippen LogP contribution in [0, 0.1) is 5.41 Å². The molecule has 2 fully saturated rings. The fraction of sp³-hybridized carbons (Fsp3) is 0.276. The quantitative estimate of drug-likeness (QED) is 0.163. The van der Waals surface area contributed by atoms with Crippen molar-refractivity contribution in [1.82, 2.24) is 0 Å². The number of ether oxygens (including phenoxy) is 6. The third-order valence-corrected chi connectivity index (χ3v) is 6.87. The third kappa shape index (κ3) is 7.01. The monoisotopic (exact) mass is 619 g/mol. The lowest BCUT2D eigenvalue weighted by Crippen LogP contribution is -2.64. The standard InChI is InChI=1S/C29H24Cl3NO8/c30-29(31,32)28(33)41-27-23(39-25(35)18-12-6-2-7-13-18)22(38-24(34)17-10-4-1-5-11-17)21-20(37-27)16-36-26(40-21)19-14-8-3-9-15-19/h1-15,20-23,26-27,33H,16H2/t20-,21-,22+,23-,26?,27?/m1/s1. The summed E-state index contributed by atoms with van der Waals surface area (Å²) in [6.45, 7) is -0.00999. The van der Waals surface area contributed by atoms with Crippen LogP contribution in [0.5, 0.6) is 0 Å². The molecule has 5 rings (SSSR count). The van der Waals surface area contributed by atoms with Gasteiger partial charge < -0.3 is 28.4 Å². The first-order valence-electron chi connectivity index (χ1n) is 12.5. The van der Waals surface area contributed by atoms with Gasteiger partial charge in [-0.15, -0.1) is 0 Å². The molecule has 0 spiro atoms. The van der Waals surface area contributed by atoms with Crippen molar-refractivity contribution in [3.8, 4) is 0 Å². The Morgan fingerprint density at radius 1 is 0.732 bits per heavy atom. The number of hydrogen-bond donors (Lipinski definition) is 1. The van der Waals surface area contributed by atoms with E-state index in [4.69, 9.17) is 68.6 Å². The number of nitrogens with one attached hydrogen (secondary N) is 1. The molecule has 2 saturated heterocycles. The van der Waals surface area contributed by atoms with Crippen LogP contribution in [0.25, 0.3) is 0 Å². The topological polar surface area (TPSA) is 113 Å². The number of rotatable bonds is 6. The number of alkyl halides is 3. The van der Waals surface area contributed by atoms with Gasteiger partial charge in [0.15, 0.2) is 12.4 Å². The van der Waals surface area contributed by atoms with E-state index in [1.54, 1.807) is 60.7 Å². The molecule has 2 heterocycles. The fourth-order valence-electron chi connectivity index (χ4n) is 4.40. The molecule has 0 aromatic heterocycles. The summed E-state index contributed by atoms with van der Waals surface area (Å²) in [4.78, 5) is 26.5. The number of fused-ring (bicyclic) bond motifs is 1. The van der Waals surface area contributed by atoms with E-state index in [1.807, 2.05) is 30.3 Å². The van der Waals surface area contributed by atoms with Crippen molar-refractivity contribution >= 4 is 52.6 Å². The SMILES string of the molecule is N=C(OC1O[C@@H]2COC(c3ccccc3)O[C@H]2[C@H](OC(=O)c2ccccc2)[C@H]1OC(=O)c1ccccc1)C(Cl)(Cl)Cl. The van der Waals surface area contributed by atoms with Gasteiger partial charge in [0.1, 0.15) is 12.2 Å². The van der Waals surface area contributed by atoms with Gasteiger partial charge >= 0.3 is 11.9 Å². The van der Waals surface area contributed by atoms with Gasteiger partial charge in [-0.2, -0.15) is 0 Å². The Labute approximate surface area is 250 Å². The van der Waals surface area contributed by atoms with Crippen LogP contribution >= 0.6 is 34.8 Å². The number of carbonyl (C=O) groups is 2. The van der Waals surface area contributed by atoms with Gasteiger partial charge in [0.2, 0.25) is 18.3 Å². The summed E-state index contributed by atoms with van der Waals surface area (Å²) in [6.07, 6.45) is -6.93. The molecule has 0 radical (unpaired) electrons. The Kier molecular flexibility index (Phi) is 9.13. The highest BCUT2D eigenvalue weighted by Gasteiger charge is 2.55. The molecule has 2 aliphatic heterocycles. The Bertz CT molecular complexity index is 1360. The number of carbonyl (C=O) groups excluding carboxylic acids is 2. The van der Waals surface area contributed by atoms with Gasteiger partial charge in [0.25, 0.3) is 3.79 Å². The van der Waals surface area contributed by atoms with Gasteiger partial charge in [-0.3, -0.25) is 5.41 Å². The molecule has 0 aliphatic carbocycles. The zero-order valence-electron chi connectivity index (χ0n) is 21.2. The Hall–Kier alpha value is -3.18. The van der Waals surface area contributed by atoms with Crippen LogP contribution in [0.4, 0.5) is 0 Å². The minimum atomic E-state index is -2.25. The normalized spacial score (nSPS) is 25.8. The largest absolute Gasteiger partial charge is 0.452 e. The number of hydrogen-bond acceptors (Lipinski definition) is 9. The number of benzene rings is 3. The van der Waals surface area contributed by atoms with Crippen molar-refractivity contribution < 1.29 is 38.0 Å². The summed E-state index contributed by atoms with van der Waals surface area (Å²) in [7, 11) is 0. The van der Waals surface area contributed by atoms with Crippen molar-refractivity contribution in [3.63, 3.8) is 0 Å². The summed E-state index contributed by atoms with van der Waals surface area (Å²) in [5, 5.41) is 8.12. The molecule has 214 valence electrons. The van der Waals surface area contributed by atoms with Crippen LogP contribution in [0.2, 0.25) is 0 Å². The Morgan fingerprint density at radius 3 is 1.78 bits per heavy atom. The van der Waals surface area contributed by atoms with Crippen LogP contribution in [-0.2, 0) is 28.4 Å². The lowest BCUT2D eigenvalue weighted by atomic mass is 9.97. The molecule has 0 bridgehead atoms. The van der Waals surface area contributed by atoms with Crippen LogP contribution in [0.15, 0.2) is 91.0 Å². The van der Waals surface area contributed by atoms with Gasteiger partial charge in [-0.05, 0) is 24.3 Å². The first kappa shape index (κ1) is 29.3. The molecule has 2 unspecified atom stereocenters. The highest BCUT2D eigenvalue weighted by atomic mass is 35.6. The summed E-state index contributed by atoms with van der Waals surface area (Å²) in [5.41, 5.74) is 1.18. The molecule has 2 aliphatic rings. The highest BCUT2D eigenvalue weighted by molar-refractivity contribution is 6.76. The van der Waals surface area contributed by atoms with Crippen molar-refractivity contribution in [2.75, 3.05) is 6.61 Å². The first-order valence-corrected chi connectivity index (χ1v) is 13.7. The van der Waals surface area contributed by atoms with Crippen molar-refractivity contribution in [1.29, 1.82) is 5.41 Å². The second-order valence-corrected chi connectivity index (χ2v) is 11.4. The minimum absolute atomic E-state index is 0.00999. The lowest BCUT2D eigenvalue weighted by molar-refractivity contribution is -0.350. The van der Waals surface area contributed by atoms with Crippen LogP contribution in [0.3, 0.4) is 0 Å². The Morgan fingerprint density at radius 2 is 1.24 bits per heavy atom. The van der Waals surface area contributed by atoms with Crippen molar-refractivity contribution in [3.05, 3.63) is 108 Å². The molecule has 3 aromatic carbocycles. The average molecular weight is 621 g/mol. The summed E-state index contributed by atoms with van der Waals surface area (Å²) in [5.74, 6) is -2.27. The molecular formula is C29H24Cl3NO8. The zero-order valence-corrected chi connectivity index (χ0v) is 23.5. The number of halogens is 3. The second kappa shape index (κ2) is 12.8.